The minimum absolute atomic E-state index is 0.0339. The molecule has 0 unspecified atom stereocenters. The minimum atomic E-state index is -3.27. The zero-order valence-corrected chi connectivity index (χ0v) is 9.97. The lowest BCUT2D eigenvalue weighted by Gasteiger charge is -2.04. The predicted octanol–water partition coefficient (Wildman–Crippen LogP) is 0.460. The number of benzene rings is 1. The quantitative estimate of drug-likeness (QED) is 0.736. The SMILES string of the molecule is CNCC(=O)c1ccc(NS(C)(=O)=O)cc1. The molecule has 0 atom stereocenters. The number of Topliss-reactive ketones (excluding diaryl/α,β-unsaturated/α-hetero) is 1. The zero-order chi connectivity index (χ0) is 12.2. The first-order chi connectivity index (χ1) is 7.42. The standard InChI is InChI=1S/C10H14N2O3S/c1-11-7-10(13)8-3-5-9(6-4-8)12-16(2,14)15/h3-6,11-12H,7H2,1-2H3. The number of hydrogen-bond acceptors (Lipinski definition) is 4. The number of ketones is 1. The van der Waals surface area contributed by atoms with Gasteiger partial charge >= 0.3 is 0 Å². The molecule has 0 fully saturated rings. The van der Waals surface area contributed by atoms with Gasteiger partial charge in [-0.25, -0.2) is 8.42 Å². The van der Waals surface area contributed by atoms with Crippen LogP contribution in [0.4, 0.5) is 5.69 Å². The van der Waals surface area contributed by atoms with Gasteiger partial charge in [-0.3, -0.25) is 9.52 Å². The third-order valence-electron chi connectivity index (χ3n) is 1.85. The number of anilines is 1. The van der Waals surface area contributed by atoms with Crippen LogP contribution in [0.25, 0.3) is 0 Å². The highest BCUT2D eigenvalue weighted by atomic mass is 32.2. The van der Waals surface area contributed by atoms with Gasteiger partial charge in [0.2, 0.25) is 10.0 Å². The van der Waals surface area contributed by atoms with Crippen LogP contribution >= 0.6 is 0 Å². The van der Waals surface area contributed by atoms with Crippen LogP contribution in [0.15, 0.2) is 24.3 Å². The van der Waals surface area contributed by atoms with Crippen molar-refractivity contribution in [2.45, 2.75) is 0 Å². The molecular weight excluding hydrogens is 228 g/mol. The summed E-state index contributed by atoms with van der Waals surface area (Å²) >= 11 is 0. The van der Waals surface area contributed by atoms with Crippen LogP contribution in [-0.4, -0.2) is 34.0 Å². The minimum Gasteiger partial charge on any atom is -0.313 e. The van der Waals surface area contributed by atoms with E-state index >= 15 is 0 Å². The van der Waals surface area contributed by atoms with E-state index in [2.05, 4.69) is 10.0 Å². The lowest BCUT2D eigenvalue weighted by Crippen LogP contribution is -2.18. The van der Waals surface area contributed by atoms with Crippen molar-refractivity contribution in [3.05, 3.63) is 29.8 Å². The molecule has 1 aromatic carbocycles. The molecule has 0 amide bonds. The smallest absolute Gasteiger partial charge is 0.229 e. The van der Waals surface area contributed by atoms with E-state index in [1.54, 1.807) is 31.3 Å². The number of carbonyl (C=O) groups is 1. The molecule has 0 bridgehead atoms. The van der Waals surface area contributed by atoms with E-state index < -0.39 is 10.0 Å². The molecule has 0 saturated carbocycles. The summed E-state index contributed by atoms with van der Waals surface area (Å²) in [6, 6.07) is 6.30. The molecule has 0 spiro atoms. The van der Waals surface area contributed by atoms with Gasteiger partial charge in [0.1, 0.15) is 0 Å². The molecule has 88 valence electrons. The van der Waals surface area contributed by atoms with Gasteiger partial charge in [-0.05, 0) is 31.3 Å². The Morgan fingerprint density at radius 1 is 1.25 bits per heavy atom. The Morgan fingerprint density at radius 3 is 2.25 bits per heavy atom. The van der Waals surface area contributed by atoms with Crippen LogP contribution in [-0.2, 0) is 10.0 Å². The van der Waals surface area contributed by atoms with Crippen LogP contribution in [0.5, 0.6) is 0 Å². The van der Waals surface area contributed by atoms with Crippen molar-refractivity contribution >= 4 is 21.5 Å². The Hall–Kier alpha value is -1.40. The molecular formula is C10H14N2O3S. The van der Waals surface area contributed by atoms with Crippen molar-refractivity contribution in [2.24, 2.45) is 0 Å². The van der Waals surface area contributed by atoms with E-state index in [1.165, 1.54) is 0 Å². The maximum atomic E-state index is 11.4. The predicted molar refractivity (Wildman–Crippen MR) is 63.2 cm³/mol. The Kier molecular flexibility index (Phi) is 4.03. The largest absolute Gasteiger partial charge is 0.313 e. The highest BCUT2D eigenvalue weighted by Gasteiger charge is 2.05. The molecule has 2 N–H and O–H groups in total. The topological polar surface area (TPSA) is 75.3 Å². The molecule has 1 rings (SSSR count). The Morgan fingerprint density at radius 2 is 1.81 bits per heavy atom. The maximum Gasteiger partial charge on any atom is 0.229 e. The van der Waals surface area contributed by atoms with Crippen LogP contribution in [0, 0.1) is 0 Å². The summed E-state index contributed by atoms with van der Waals surface area (Å²) in [4.78, 5) is 11.4. The average Bonchev–Trinajstić information content (AvgIpc) is 2.16. The van der Waals surface area contributed by atoms with Crippen LogP contribution in [0.1, 0.15) is 10.4 Å². The van der Waals surface area contributed by atoms with Crippen LogP contribution in [0.2, 0.25) is 0 Å². The Balaban J connectivity index is 2.79. The molecule has 0 radical (unpaired) electrons. The van der Waals surface area contributed by atoms with Gasteiger partial charge in [0.25, 0.3) is 0 Å². The maximum absolute atomic E-state index is 11.4. The van der Waals surface area contributed by atoms with E-state index in [4.69, 9.17) is 0 Å². The van der Waals surface area contributed by atoms with Gasteiger partial charge in [0.05, 0.1) is 12.8 Å². The van der Waals surface area contributed by atoms with E-state index in [0.29, 0.717) is 11.3 Å². The van der Waals surface area contributed by atoms with Gasteiger partial charge < -0.3 is 5.32 Å². The fourth-order valence-corrected chi connectivity index (χ4v) is 1.77. The summed E-state index contributed by atoms with van der Waals surface area (Å²) in [7, 11) is -1.58. The first kappa shape index (κ1) is 12.7. The highest BCUT2D eigenvalue weighted by Crippen LogP contribution is 2.11. The monoisotopic (exact) mass is 242 g/mol. The zero-order valence-electron chi connectivity index (χ0n) is 9.15. The molecule has 1 aromatic rings. The van der Waals surface area contributed by atoms with E-state index in [0.717, 1.165) is 6.26 Å². The molecule has 6 heteroatoms. The molecule has 16 heavy (non-hydrogen) atoms. The normalized spacial score (nSPS) is 11.1. The lowest BCUT2D eigenvalue weighted by atomic mass is 10.1. The lowest BCUT2D eigenvalue weighted by molar-refractivity contribution is 0.0993. The molecule has 0 heterocycles. The van der Waals surface area contributed by atoms with Gasteiger partial charge in [-0.15, -0.1) is 0 Å². The van der Waals surface area contributed by atoms with E-state index in [-0.39, 0.29) is 12.3 Å². The van der Waals surface area contributed by atoms with Crippen molar-refractivity contribution < 1.29 is 13.2 Å². The molecule has 0 aliphatic rings. The molecule has 5 nitrogen and oxygen atoms in total. The Labute approximate surface area is 94.9 Å². The van der Waals surface area contributed by atoms with E-state index in [9.17, 15) is 13.2 Å². The second kappa shape index (κ2) is 5.09. The van der Waals surface area contributed by atoms with Gasteiger partial charge in [-0.1, -0.05) is 0 Å². The molecule has 0 aliphatic carbocycles. The third-order valence-corrected chi connectivity index (χ3v) is 2.45. The van der Waals surface area contributed by atoms with Crippen molar-refractivity contribution in [2.75, 3.05) is 24.6 Å². The van der Waals surface area contributed by atoms with Crippen LogP contribution in [0.3, 0.4) is 0 Å². The summed E-state index contributed by atoms with van der Waals surface area (Å²) in [5.74, 6) is -0.0339. The van der Waals surface area contributed by atoms with Crippen molar-refractivity contribution in [3.63, 3.8) is 0 Å². The third kappa shape index (κ3) is 4.00. The van der Waals surface area contributed by atoms with Gasteiger partial charge in [0.15, 0.2) is 5.78 Å². The summed E-state index contributed by atoms with van der Waals surface area (Å²) in [6.45, 7) is 0.263. The van der Waals surface area contributed by atoms with Gasteiger partial charge in [0, 0.05) is 11.3 Å². The second-order valence-electron chi connectivity index (χ2n) is 3.41. The summed E-state index contributed by atoms with van der Waals surface area (Å²) in [6.07, 6.45) is 1.08. The first-order valence-electron chi connectivity index (χ1n) is 4.68. The number of sulfonamides is 1. The van der Waals surface area contributed by atoms with Crippen molar-refractivity contribution in [1.29, 1.82) is 0 Å². The average molecular weight is 242 g/mol. The second-order valence-corrected chi connectivity index (χ2v) is 5.15. The summed E-state index contributed by atoms with van der Waals surface area (Å²) in [5.41, 5.74) is 0.997. The number of likely N-dealkylation sites (N-methyl/N-ethyl adjacent to an activating group) is 1. The fraction of sp³-hybridized carbons (Fsp3) is 0.300. The molecule has 0 saturated heterocycles. The summed E-state index contributed by atoms with van der Waals surface area (Å²) in [5, 5.41) is 2.76. The molecule has 0 aromatic heterocycles. The van der Waals surface area contributed by atoms with Crippen LogP contribution < -0.4 is 10.0 Å². The number of rotatable bonds is 5. The molecule has 0 aliphatic heterocycles. The Bertz CT molecular complexity index is 465. The van der Waals surface area contributed by atoms with Crippen molar-refractivity contribution in [3.8, 4) is 0 Å². The highest BCUT2D eigenvalue weighted by molar-refractivity contribution is 7.92. The first-order valence-corrected chi connectivity index (χ1v) is 6.57. The van der Waals surface area contributed by atoms with E-state index in [1.807, 2.05) is 0 Å². The van der Waals surface area contributed by atoms with Gasteiger partial charge in [-0.2, -0.15) is 0 Å². The van der Waals surface area contributed by atoms with Crippen molar-refractivity contribution in [1.82, 2.24) is 5.32 Å². The number of hydrogen-bond donors (Lipinski definition) is 2. The summed E-state index contributed by atoms with van der Waals surface area (Å²) < 4.78 is 24.2. The number of carbonyl (C=O) groups excluding carboxylic acids is 1. The number of nitrogens with one attached hydrogen (secondary N) is 2. The fourth-order valence-electron chi connectivity index (χ4n) is 1.20.